The van der Waals surface area contributed by atoms with Crippen LogP contribution in [0.1, 0.15) is 58.4 Å². The van der Waals surface area contributed by atoms with Gasteiger partial charge in [-0.05, 0) is 30.9 Å². The van der Waals surface area contributed by atoms with Gasteiger partial charge in [-0.25, -0.2) is 0 Å². The van der Waals surface area contributed by atoms with Crippen molar-refractivity contribution in [2.24, 2.45) is 5.41 Å². The maximum Gasteiger partial charge on any atom is 0.0209 e. The lowest BCUT2D eigenvalue weighted by atomic mass is 9.59. The van der Waals surface area contributed by atoms with Crippen molar-refractivity contribution >= 4 is 0 Å². The number of hydrogen-bond acceptors (Lipinski definition) is 1. The number of nitrogens with one attached hydrogen (secondary N) is 1. The molecular formula is C18H29N. The molecule has 1 N–H and O–H groups in total. The van der Waals surface area contributed by atoms with Crippen molar-refractivity contribution in [3.63, 3.8) is 0 Å². The molecule has 1 aliphatic rings. The molecule has 0 aromatic heterocycles. The van der Waals surface area contributed by atoms with Crippen LogP contribution in [-0.4, -0.2) is 13.1 Å². The number of rotatable bonds is 3. The molecule has 0 aliphatic heterocycles. The van der Waals surface area contributed by atoms with E-state index >= 15 is 0 Å². The maximum absolute atomic E-state index is 3.65. The van der Waals surface area contributed by atoms with Crippen LogP contribution in [0.15, 0.2) is 30.3 Å². The van der Waals surface area contributed by atoms with Gasteiger partial charge in [-0.1, -0.05) is 70.4 Å². The van der Waals surface area contributed by atoms with Gasteiger partial charge in [0.2, 0.25) is 0 Å². The van der Waals surface area contributed by atoms with Gasteiger partial charge in [0.25, 0.3) is 0 Å². The molecule has 1 fully saturated rings. The van der Waals surface area contributed by atoms with E-state index in [0.29, 0.717) is 11.5 Å². The van der Waals surface area contributed by atoms with E-state index in [1.165, 1.54) is 37.7 Å². The minimum absolute atomic E-state index is 0.280. The summed E-state index contributed by atoms with van der Waals surface area (Å²) in [7, 11) is 2.13. The summed E-state index contributed by atoms with van der Waals surface area (Å²) in [5, 5.41) is 3.65. The van der Waals surface area contributed by atoms with E-state index in [4.69, 9.17) is 0 Å². The second-order valence-corrected chi connectivity index (χ2v) is 7.17. The largest absolute Gasteiger partial charge is 0.316 e. The first kappa shape index (κ1) is 14.6. The van der Waals surface area contributed by atoms with E-state index in [0.717, 1.165) is 0 Å². The van der Waals surface area contributed by atoms with Gasteiger partial charge in [-0.3, -0.25) is 0 Å². The molecule has 0 radical (unpaired) electrons. The van der Waals surface area contributed by atoms with Crippen LogP contribution in [0.4, 0.5) is 0 Å². The summed E-state index contributed by atoms with van der Waals surface area (Å²) in [5.74, 6) is 0. The Bertz CT molecular complexity index is 382. The zero-order valence-corrected chi connectivity index (χ0v) is 13.0. The summed E-state index contributed by atoms with van der Waals surface area (Å²) in [6.07, 6.45) is 6.76. The quantitative estimate of drug-likeness (QED) is 0.841. The highest BCUT2D eigenvalue weighted by Gasteiger charge is 2.45. The van der Waals surface area contributed by atoms with Gasteiger partial charge in [0.1, 0.15) is 0 Å². The summed E-state index contributed by atoms with van der Waals surface area (Å²) in [6.45, 7) is 7.11. The normalized spacial score (nSPS) is 21.1. The minimum Gasteiger partial charge on any atom is -0.316 e. The molecule has 1 atom stereocenters. The molecule has 1 heteroatoms. The molecule has 1 saturated carbocycles. The second-order valence-electron chi connectivity index (χ2n) is 7.17. The molecule has 0 heterocycles. The predicted molar refractivity (Wildman–Crippen MR) is 83.5 cm³/mol. The molecule has 1 aromatic carbocycles. The van der Waals surface area contributed by atoms with Gasteiger partial charge >= 0.3 is 0 Å². The Hall–Kier alpha value is -0.820. The fourth-order valence-corrected chi connectivity index (χ4v) is 4.23. The molecule has 0 saturated heterocycles. The summed E-state index contributed by atoms with van der Waals surface area (Å²) < 4.78 is 0. The third-order valence-electron chi connectivity index (χ3n) is 4.80. The summed E-state index contributed by atoms with van der Waals surface area (Å²) in [5.41, 5.74) is 2.12. The van der Waals surface area contributed by atoms with Crippen molar-refractivity contribution in [3.8, 4) is 0 Å². The Morgan fingerprint density at radius 3 is 2.05 bits per heavy atom. The van der Waals surface area contributed by atoms with E-state index in [1.807, 2.05) is 0 Å². The first-order chi connectivity index (χ1) is 9.00. The molecule has 1 unspecified atom stereocenters. The third kappa shape index (κ3) is 2.86. The molecule has 1 aromatic rings. The Labute approximate surface area is 118 Å². The van der Waals surface area contributed by atoms with E-state index in [1.54, 1.807) is 0 Å². The molecular weight excluding hydrogens is 230 g/mol. The maximum atomic E-state index is 3.65. The van der Waals surface area contributed by atoms with Gasteiger partial charge in [0, 0.05) is 11.5 Å². The predicted octanol–water partition coefficient (Wildman–Crippen LogP) is 4.52. The van der Waals surface area contributed by atoms with Gasteiger partial charge in [0.05, 0.1) is 0 Å². The molecule has 0 bridgehead atoms. The van der Waals surface area contributed by atoms with Crippen LogP contribution < -0.4 is 5.32 Å². The van der Waals surface area contributed by atoms with Crippen LogP contribution in [0.25, 0.3) is 0 Å². The zero-order chi connectivity index (χ0) is 13.9. The smallest absolute Gasteiger partial charge is 0.0209 e. The zero-order valence-electron chi connectivity index (χ0n) is 13.0. The van der Waals surface area contributed by atoms with Crippen molar-refractivity contribution in [1.82, 2.24) is 5.32 Å². The first-order valence-corrected chi connectivity index (χ1v) is 7.73. The Morgan fingerprint density at radius 2 is 1.58 bits per heavy atom. The highest BCUT2D eigenvalue weighted by atomic mass is 14.9. The molecule has 2 rings (SSSR count). The summed E-state index contributed by atoms with van der Waals surface area (Å²) in [4.78, 5) is 0. The summed E-state index contributed by atoms with van der Waals surface area (Å²) >= 11 is 0. The van der Waals surface area contributed by atoms with Crippen LogP contribution in [0.5, 0.6) is 0 Å². The summed E-state index contributed by atoms with van der Waals surface area (Å²) in [6, 6.07) is 11.7. The van der Waals surface area contributed by atoms with Crippen molar-refractivity contribution in [3.05, 3.63) is 35.9 Å². The minimum atomic E-state index is 0.280. The van der Waals surface area contributed by atoms with E-state index in [-0.39, 0.29) is 5.41 Å². The molecule has 19 heavy (non-hydrogen) atoms. The molecule has 106 valence electrons. The Kier molecular flexibility index (Phi) is 4.35. The third-order valence-corrected chi connectivity index (χ3v) is 4.80. The van der Waals surface area contributed by atoms with Crippen molar-refractivity contribution in [2.75, 3.05) is 7.05 Å². The van der Waals surface area contributed by atoms with Crippen molar-refractivity contribution in [2.45, 2.75) is 64.3 Å². The molecule has 0 spiro atoms. The van der Waals surface area contributed by atoms with Crippen molar-refractivity contribution < 1.29 is 0 Å². The van der Waals surface area contributed by atoms with E-state index in [9.17, 15) is 0 Å². The second kappa shape index (κ2) is 5.66. The fourth-order valence-electron chi connectivity index (χ4n) is 4.23. The average Bonchev–Trinajstić information content (AvgIpc) is 2.40. The number of hydrogen-bond donors (Lipinski definition) is 1. The first-order valence-electron chi connectivity index (χ1n) is 7.73. The Balaban J connectivity index is 2.45. The lowest BCUT2D eigenvalue weighted by Crippen LogP contribution is -2.55. The topological polar surface area (TPSA) is 12.0 Å². The Morgan fingerprint density at radius 1 is 1.00 bits per heavy atom. The van der Waals surface area contributed by atoms with Crippen LogP contribution in [-0.2, 0) is 5.41 Å². The van der Waals surface area contributed by atoms with Crippen LogP contribution in [0.2, 0.25) is 0 Å². The van der Waals surface area contributed by atoms with Gasteiger partial charge in [-0.15, -0.1) is 0 Å². The lowest BCUT2D eigenvalue weighted by molar-refractivity contribution is 0.127. The highest BCUT2D eigenvalue weighted by molar-refractivity contribution is 5.29. The standard InChI is InChI=1S/C18H29N/c1-17(2,3)16(19-4)18(13-9-6-10-14-18)15-11-7-5-8-12-15/h5,7-8,11-12,16,19H,6,9-10,13-14H2,1-4H3. The highest BCUT2D eigenvalue weighted by Crippen LogP contribution is 2.46. The molecule has 1 aliphatic carbocycles. The SMILES string of the molecule is CNC(C(C)(C)C)C1(c2ccccc2)CCCCC1. The van der Waals surface area contributed by atoms with Crippen LogP contribution in [0, 0.1) is 5.41 Å². The van der Waals surface area contributed by atoms with Crippen molar-refractivity contribution in [1.29, 1.82) is 0 Å². The van der Waals surface area contributed by atoms with Gasteiger partial charge < -0.3 is 5.32 Å². The number of likely N-dealkylation sites (N-methyl/N-ethyl adjacent to an activating group) is 1. The van der Waals surface area contributed by atoms with Crippen LogP contribution in [0.3, 0.4) is 0 Å². The molecule has 0 amide bonds. The van der Waals surface area contributed by atoms with Gasteiger partial charge in [-0.2, -0.15) is 0 Å². The van der Waals surface area contributed by atoms with E-state index in [2.05, 4.69) is 63.5 Å². The lowest BCUT2D eigenvalue weighted by Gasteiger charge is -2.49. The average molecular weight is 259 g/mol. The van der Waals surface area contributed by atoms with Gasteiger partial charge in [0.15, 0.2) is 0 Å². The molecule has 1 nitrogen and oxygen atoms in total. The van der Waals surface area contributed by atoms with Crippen LogP contribution >= 0.6 is 0 Å². The van der Waals surface area contributed by atoms with E-state index < -0.39 is 0 Å². The monoisotopic (exact) mass is 259 g/mol. The fraction of sp³-hybridized carbons (Fsp3) is 0.667. The number of benzene rings is 1.